The van der Waals surface area contributed by atoms with Crippen LogP contribution in [-0.2, 0) is 0 Å². The van der Waals surface area contributed by atoms with E-state index in [9.17, 15) is 0 Å². The van der Waals surface area contributed by atoms with E-state index in [0.717, 1.165) is 56.2 Å². The Morgan fingerprint density at radius 3 is 2.82 bits per heavy atom. The fourth-order valence-electron chi connectivity index (χ4n) is 3.89. The van der Waals surface area contributed by atoms with Gasteiger partial charge in [-0.05, 0) is 37.8 Å². The predicted octanol–water partition coefficient (Wildman–Crippen LogP) is 3.93. The maximum Gasteiger partial charge on any atom is 0.193 e. The van der Waals surface area contributed by atoms with Crippen LogP contribution in [0.3, 0.4) is 0 Å². The summed E-state index contributed by atoms with van der Waals surface area (Å²) in [5, 5.41) is 4.25. The Morgan fingerprint density at radius 2 is 2.07 bits per heavy atom. The zero-order valence-corrected chi connectivity index (χ0v) is 20.5. The van der Waals surface area contributed by atoms with Crippen LogP contribution in [0.4, 0.5) is 5.69 Å². The molecule has 0 aliphatic carbocycles. The fraction of sp³-hybridized carbons (Fsp3) is 0.667. The number of benzene rings is 1. The summed E-state index contributed by atoms with van der Waals surface area (Å²) in [5.41, 5.74) is 1.21. The number of anilines is 1. The van der Waals surface area contributed by atoms with E-state index in [0.29, 0.717) is 5.92 Å². The second kappa shape index (κ2) is 12.0. The summed E-state index contributed by atoms with van der Waals surface area (Å²) < 4.78 is 5.54. The molecule has 158 valence electrons. The van der Waals surface area contributed by atoms with Crippen LogP contribution in [0.5, 0.6) is 5.75 Å². The molecule has 0 bridgehead atoms. The monoisotopic (exact) mass is 518 g/mol. The quantitative estimate of drug-likeness (QED) is 0.351. The first-order valence-electron chi connectivity index (χ1n) is 10.3. The Hall–Kier alpha value is -0.830. The minimum atomic E-state index is 0. The van der Waals surface area contributed by atoms with Crippen molar-refractivity contribution in [3.8, 4) is 5.75 Å². The van der Waals surface area contributed by atoms with Crippen molar-refractivity contribution in [1.82, 2.24) is 10.2 Å². The second-order valence-corrected chi connectivity index (χ2v) is 8.72. The molecule has 0 amide bonds. The van der Waals surface area contributed by atoms with Crippen LogP contribution in [0.25, 0.3) is 0 Å². The summed E-state index contributed by atoms with van der Waals surface area (Å²) in [5.74, 6) is 3.87. The Morgan fingerprint density at radius 1 is 1.25 bits per heavy atom. The highest BCUT2D eigenvalue weighted by atomic mass is 127. The van der Waals surface area contributed by atoms with E-state index in [4.69, 9.17) is 9.73 Å². The van der Waals surface area contributed by atoms with E-state index in [2.05, 4.69) is 52.9 Å². The van der Waals surface area contributed by atoms with E-state index in [1.165, 1.54) is 24.3 Å². The molecule has 28 heavy (non-hydrogen) atoms. The Balaban J connectivity index is 0.00000280. The van der Waals surface area contributed by atoms with Gasteiger partial charge in [-0.2, -0.15) is 11.8 Å². The second-order valence-electron chi connectivity index (χ2n) is 7.31. The molecule has 2 aliphatic rings. The molecule has 3 rings (SSSR count). The number of ether oxygens (including phenoxy) is 1. The highest BCUT2D eigenvalue weighted by Crippen LogP contribution is 2.32. The van der Waals surface area contributed by atoms with Gasteiger partial charge < -0.3 is 19.9 Å². The maximum absolute atomic E-state index is 5.54. The Labute approximate surface area is 191 Å². The Kier molecular flexibility index (Phi) is 10.0. The van der Waals surface area contributed by atoms with Crippen molar-refractivity contribution < 1.29 is 4.74 Å². The number of guanidine groups is 1. The van der Waals surface area contributed by atoms with Gasteiger partial charge in [0.15, 0.2) is 5.96 Å². The summed E-state index contributed by atoms with van der Waals surface area (Å²) >= 11 is 2.10. The number of thioether (sulfide) groups is 1. The molecule has 0 spiro atoms. The van der Waals surface area contributed by atoms with Crippen LogP contribution in [0.15, 0.2) is 29.3 Å². The standard InChI is InChI=1S/C21H34N4OS.HI/c1-4-18-16-25(12-13-27-18)21(22-5-2)23-14-17-10-11-24(15-17)19-8-6-7-9-20(19)26-3;/h6-9,17-18H,4-5,10-16H2,1-3H3,(H,22,23);1H. The third kappa shape index (κ3) is 6.08. The highest BCUT2D eigenvalue weighted by Gasteiger charge is 2.26. The van der Waals surface area contributed by atoms with E-state index in [1.54, 1.807) is 7.11 Å². The van der Waals surface area contributed by atoms with Crippen LogP contribution in [0.1, 0.15) is 26.7 Å². The van der Waals surface area contributed by atoms with Gasteiger partial charge in [0, 0.05) is 50.3 Å². The lowest BCUT2D eigenvalue weighted by Gasteiger charge is -2.34. The molecule has 0 aromatic heterocycles. The number of nitrogens with one attached hydrogen (secondary N) is 1. The molecule has 1 aromatic carbocycles. The molecule has 2 unspecified atom stereocenters. The first-order valence-corrected chi connectivity index (χ1v) is 11.3. The van der Waals surface area contributed by atoms with Crippen molar-refractivity contribution in [3.05, 3.63) is 24.3 Å². The van der Waals surface area contributed by atoms with Crippen molar-refractivity contribution in [2.75, 3.05) is 57.0 Å². The molecule has 1 N–H and O–H groups in total. The molecule has 2 saturated heterocycles. The summed E-state index contributed by atoms with van der Waals surface area (Å²) in [6.45, 7) is 10.6. The molecule has 2 heterocycles. The normalized spacial score (nSPS) is 22.8. The summed E-state index contributed by atoms with van der Waals surface area (Å²) in [7, 11) is 1.75. The molecule has 5 nitrogen and oxygen atoms in total. The van der Waals surface area contributed by atoms with Gasteiger partial charge in [0.25, 0.3) is 0 Å². The number of rotatable bonds is 6. The maximum atomic E-state index is 5.54. The van der Waals surface area contributed by atoms with Crippen LogP contribution in [0.2, 0.25) is 0 Å². The molecule has 2 aliphatic heterocycles. The van der Waals surface area contributed by atoms with Gasteiger partial charge in [-0.3, -0.25) is 4.99 Å². The number of para-hydroxylation sites is 2. The molecular formula is C21H35IN4OS. The smallest absolute Gasteiger partial charge is 0.193 e. The zero-order chi connectivity index (χ0) is 19.1. The highest BCUT2D eigenvalue weighted by molar-refractivity contribution is 14.0. The van der Waals surface area contributed by atoms with Crippen molar-refractivity contribution in [1.29, 1.82) is 0 Å². The van der Waals surface area contributed by atoms with Crippen molar-refractivity contribution in [3.63, 3.8) is 0 Å². The summed E-state index contributed by atoms with van der Waals surface area (Å²) in [6, 6.07) is 8.32. The molecule has 1 aromatic rings. The predicted molar refractivity (Wildman–Crippen MR) is 133 cm³/mol. The van der Waals surface area contributed by atoms with Gasteiger partial charge in [0.1, 0.15) is 5.75 Å². The number of nitrogens with zero attached hydrogens (tertiary/aromatic N) is 3. The van der Waals surface area contributed by atoms with Gasteiger partial charge in [-0.15, -0.1) is 24.0 Å². The van der Waals surface area contributed by atoms with E-state index in [-0.39, 0.29) is 24.0 Å². The minimum absolute atomic E-state index is 0. The number of hydrogen-bond acceptors (Lipinski definition) is 4. The third-order valence-corrected chi connectivity index (χ3v) is 6.81. The third-order valence-electron chi connectivity index (χ3n) is 5.44. The minimum Gasteiger partial charge on any atom is -0.495 e. The largest absolute Gasteiger partial charge is 0.495 e. The van der Waals surface area contributed by atoms with Crippen LogP contribution in [-0.4, -0.2) is 68.2 Å². The molecule has 2 atom stereocenters. The van der Waals surface area contributed by atoms with Gasteiger partial charge >= 0.3 is 0 Å². The van der Waals surface area contributed by atoms with Crippen molar-refractivity contribution in [2.24, 2.45) is 10.9 Å². The molecule has 0 saturated carbocycles. The number of hydrogen-bond donors (Lipinski definition) is 1. The van der Waals surface area contributed by atoms with Gasteiger partial charge in [-0.25, -0.2) is 0 Å². The molecule has 7 heteroatoms. The number of aliphatic imine (C=N–C) groups is 1. The van der Waals surface area contributed by atoms with E-state index in [1.807, 2.05) is 12.1 Å². The summed E-state index contributed by atoms with van der Waals surface area (Å²) in [4.78, 5) is 9.92. The number of methoxy groups -OCH3 is 1. The SMILES string of the molecule is CCNC(=NCC1CCN(c2ccccc2OC)C1)N1CCSC(CC)C1.I. The lowest BCUT2D eigenvalue weighted by Crippen LogP contribution is -2.48. The van der Waals surface area contributed by atoms with Gasteiger partial charge in [0.2, 0.25) is 0 Å². The fourth-order valence-corrected chi connectivity index (χ4v) is 5.07. The first-order chi connectivity index (χ1) is 13.2. The Bertz CT molecular complexity index is 630. The van der Waals surface area contributed by atoms with Crippen molar-refractivity contribution >= 4 is 47.4 Å². The topological polar surface area (TPSA) is 40.1 Å². The average Bonchev–Trinajstić information content (AvgIpc) is 3.20. The lowest BCUT2D eigenvalue weighted by molar-refractivity contribution is 0.406. The average molecular weight is 519 g/mol. The van der Waals surface area contributed by atoms with Gasteiger partial charge in [0.05, 0.1) is 12.8 Å². The van der Waals surface area contributed by atoms with E-state index < -0.39 is 0 Å². The van der Waals surface area contributed by atoms with Crippen LogP contribution >= 0.6 is 35.7 Å². The first kappa shape index (κ1) is 23.4. The lowest BCUT2D eigenvalue weighted by atomic mass is 10.1. The van der Waals surface area contributed by atoms with Gasteiger partial charge in [-0.1, -0.05) is 19.1 Å². The van der Waals surface area contributed by atoms with Crippen LogP contribution in [0, 0.1) is 5.92 Å². The van der Waals surface area contributed by atoms with E-state index >= 15 is 0 Å². The number of halogens is 1. The molecular weight excluding hydrogens is 483 g/mol. The molecule has 2 fully saturated rings. The molecule has 0 radical (unpaired) electrons. The van der Waals surface area contributed by atoms with Crippen LogP contribution < -0.4 is 15.0 Å². The zero-order valence-electron chi connectivity index (χ0n) is 17.4. The van der Waals surface area contributed by atoms with Crippen molar-refractivity contribution in [2.45, 2.75) is 31.9 Å². The summed E-state index contributed by atoms with van der Waals surface area (Å²) in [6.07, 6.45) is 2.42.